The molecule has 0 atom stereocenters. The minimum atomic E-state index is -0.410. The van der Waals surface area contributed by atoms with Crippen LogP contribution in [0, 0.1) is 0 Å². The van der Waals surface area contributed by atoms with Crippen LogP contribution in [-0.2, 0) is 0 Å². The number of ketones is 2. The van der Waals surface area contributed by atoms with Crippen LogP contribution in [0.5, 0.6) is 5.75 Å². The van der Waals surface area contributed by atoms with Crippen LogP contribution < -0.4 is 11.5 Å². The van der Waals surface area contributed by atoms with Gasteiger partial charge in [-0.2, -0.15) is 0 Å². The van der Waals surface area contributed by atoms with E-state index in [0.29, 0.717) is 22.4 Å². The molecule has 0 aromatic heterocycles. The number of phenolic OH excluding ortho intramolecular Hbond substituents is 1. The number of hydrogen-bond donors (Lipinski definition) is 3. The Labute approximate surface area is 143 Å². The zero-order valence-corrected chi connectivity index (χ0v) is 13.1. The lowest BCUT2D eigenvalue weighted by Crippen LogP contribution is -2.22. The molecule has 0 spiro atoms. The maximum absolute atomic E-state index is 13.0. The monoisotopic (exact) mass is 330 g/mol. The van der Waals surface area contributed by atoms with E-state index in [9.17, 15) is 14.7 Å². The molecule has 25 heavy (non-hydrogen) atoms. The van der Waals surface area contributed by atoms with E-state index < -0.39 is 5.78 Å². The molecule has 3 aromatic carbocycles. The second kappa shape index (κ2) is 5.21. The van der Waals surface area contributed by atoms with E-state index in [2.05, 4.69) is 0 Å². The molecule has 3 aromatic rings. The number of anilines is 2. The minimum Gasteiger partial charge on any atom is -0.505 e. The van der Waals surface area contributed by atoms with Crippen molar-refractivity contribution in [3.8, 4) is 16.9 Å². The maximum Gasteiger partial charge on any atom is 0.198 e. The van der Waals surface area contributed by atoms with Gasteiger partial charge in [0, 0.05) is 22.4 Å². The number of nitrogen functional groups attached to an aromatic ring is 2. The molecule has 4 rings (SSSR count). The molecule has 5 heteroatoms. The molecule has 1 aliphatic carbocycles. The molecule has 122 valence electrons. The van der Waals surface area contributed by atoms with Crippen molar-refractivity contribution in [2.45, 2.75) is 0 Å². The van der Waals surface area contributed by atoms with E-state index in [1.165, 1.54) is 6.07 Å². The van der Waals surface area contributed by atoms with Gasteiger partial charge in [-0.3, -0.25) is 9.59 Å². The van der Waals surface area contributed by atoms with E-state index in [1.807, 2.05) is 0 Å². The van der Waals surface area contributed by atoms with Gasteiger partial charge in [0.15, 0.2) is 11.6 Å². The standard InChI is InChI=1S/C20H14N2O3/c21-11-7-5-10(6-8-11)14-9-15(22)20(25)17-16(14)18(23)12-3-1-2-4-13(12)19(17)24/h1-9,25H,21-22H2. The Balaban J connectivity index is 2.07. The van der Waals surface area contributed by atoms with E-state index in [-0.39, 0.29) is 33.9 Å². The van der Waals surface area contributed by atoms with Crippen LogP contribution in [0.4, 0.5) is 11.4 Å². The van der Waals surface area contributed by atoms with Gasteiger partial charge in [0.05, 0.1) is 11.3 Å². The van der Waals surface area contributed by atoms with Gasteiger partial charge < -0.3 is 16.6 Å². The van der Waals surface area contributed by atoms with Gasteiger partial charge in [-0.15, -0.1) is 0 Å². The van der Waals surface area contributed by atoms with Gasteiger partial charge in [-0.1, -0.05) is 36.4 Å². The van der Waals surface area contributed by atoms with Crippen molar-refractivity contribution in [2.24, 2.45) is 0 Å². The van der Waals surface area contributed by atoms with E-state index in [4.69, 9.17) is 11.5 Å². The number of carbonyl (C=O) groups excluding carboxylic acids is 2. The first-order chi connectivity index (χ1) is 12.0. The molecule has 5 nitrogen and oxygen atoms in total. The molecule has 0 fully saturated rings. The number of benzene rings is 3. The fourth-order valence-corrected chi connectivity index (χ4v) is 3.19. The summed E-state index contributed by atoms with van der Waals surface area (Å²) in [4.78, 5) is 25.9. The van der Waals surface area contributed by atoms with Crippen LogP contribution in [0.25, 0.3) is 11.1 Å². The van der Waals surface area contributed by atoms with Crippen LogP contribution in [0.3, 0.4) is 0 Å². The summed E-state index contributed by atoms with van der Waals surface area (Å²) in [5.41, 5.74) is 14.2. The molecule has 0 amide bonds. The van der Waals surface area contributed by atoms with E-state index in [0.717, 1.165) is 0 Å². The number of carbonyl (C=O) groups is 2. The van der Waals surface area contributed by atoms with Crippen LogP contribution in [-0.4, -0.2) is 16.7 Å². The Bertz CT molecular complexity index is 1050. The van der Waals surface area contributed by atoms with Gasteiger partial charge in [-0.25, -0.2) is 0 Å². The average molecular weight is 330 g/mol. The number of rotatable bonds is 1. The summed E-state index contributed by atoms with van der Waals surface area (Å²) in [6.07, 6.45) is 0. The molecule has 0 saturated heterocycles. The Morgan fingerprint density at radius 3 is 1.88 bits per heavy atom. The van der Waals surface area contributed by atoms with Crippen molar-refractivity contribution in [3.63, 3.8) is 0 Å². The Kier molecular flexibility index (Phi) is 3.12. The highest BCUT2D eigenvalue weighted by molar-refractivity contribution is 6.31. The predicted molar refractivity (Wildman–Crippen MR) is 95.7 cm³/mol. The Morgan fingerprint density at radius 2 is 1.28 bits per heavy atom. The summed E-state index contributed by atoms with van der Waals surface area (Å²) in [7, 11) is 0. The Morgan fingerprint density at radius 1 is 0.720 bits per heavy atom. The van der Waals surface area contributed by atoms with Crippen LogP contribution in [0.2, 0.25) is 0 Å². The van der Waals surface area contributed by atoms with Crippen molar-refractivity contribution in [1.29, 1.82) is 0 Å². The van der Waals surface area contributed by atoms with Crippen LogP contribution >= 0.6 is 0 Å². The number of fused-ring (bicyclic) bond motifs is 2. The summed E-state index contributed by atoms with van der Waals surface area (Å²) in [6, 6.07) is 15.0. The molecule has 0 aliphatic heterocycles. The molecule has 1 aliphatic rings. The summed E-state index contributed by atoms with van der Waals surface area (Å²) < 4.78 is 0. The Hall–Kier alpha value is -3.60. The molecule has 0 radical (unpaired) electrons. The van der Waals surface area contributed by atoms with Gasteiger partial charge in [-0.05, 0) is 29.3 Å². The average Bonchev–Trinajstić information content (AvgIpc) is 2.62. The largest absolute Gasteiger partial charge is 0.505 e. The highest BCUT2D eigenvalue weighted by atomic mass is 16.3. The maximum atomic E-state index is 13.0. The van der Waals surface area contributed by atoms with Crippen molar-refractivity contribution < 1.29 is 14.7 Å². The van der Waals surface area contributed by atoms with Gasteiger partial charge in [0.1, 0.15) is 5.75 Å². The summed E-state index contributed by atoms with van der Waals surface area (Å²) >= 11 is 0. The molecule has 0 unspecified atom stereocenters. The lowest BCUT2D eigenvalue weighted by Gasteiger charge is -2.22. The zero-order valence-electron chi connectivity index (χ0n) is 13.1. The third-order valence-corrected chi connectivity index (χ3v) is 4.42. The minimum absolute atomic E-state index is 0.0458. The smallest absolute Gasteiger partial charge is 0.198 e. The third-order valence-electron chi connectivity index (χ3n) is 4.42. The van der Waals surface area contributed by atoms with Gasteiger partial charge >= 0.3 is 0 Å². The number of hydrogen-bond acceptors (Lipinski definition) is 5. The van der Waals surface area contributed by atoms with Crippen LogP contribution in [0.15, 0.2) is 54.6 Å². The number of nitrogens with two attached hydrogens (primary N) is 2. The second-order valence-electron chi connectivity index (χ2n) is 5.94. The normalized spacial score (nSPS) is 12.6. The highest BCUT2D eigenvalue weighted by Gasteiger charge is 2.35. The van der Waals surface area contributed by atoms with E-state index >= 15 is 0 Å². The molecular formula is C20H14N2O3. The lowest BCUT2D eigenvalue weighted by molar-refractivity contribution is 0.0977. The van der Waals surface area contributed by atoms with E-state index in [1.54, 1.807) is 48.5 Å². The fraction of sp³-hybridized carbons (Fsp3) is 0. The zero-order chi connectivity index (χ0) is 17.7. The molecule has 0 heterocycles. The molecule has 5 N–H and O–H groups in total. The summed E-state index contributed by atoms with van der Waals surface area (Å²) in [5, 5.41) is 10.4. The van der Waals surface area contributed by atoms with Crippen LogP contribution in [0.1, 0.15) is 31.8 Å². The quantitative estimate of drug-likeness (QED) is 0.367. The highest BCUT2D eigenvalue weighted by Crippen LogP contribution is 2.42. The van der Waals surface area contributed by atoms with Crippen molar-refractivity contribution in [3.05, 3.63) is 76.9 Å². The molecule has 0 bridgehead atoms. The van der Waals surface area contributed by atoms with Gasteiger partial charge in [0.2, 0.25) is 0 Å². The third kappa shape index (κ3) is 2.10. The lowest BCUT2D eigenvalue weighted by atomic mass is 9.79. The summed E-state index contributed by atoms with van der Waals surface area (Å²) in [6.45, 7) is 0. The first kappa shape index (κ1) is 15.0. The predicted octanol–water partition coefficient (Wildman–Crippen LogP) is 3.00. The van der Waals surface area contributed by atoms with Crippen molar-refractivity contribution in [2.75, 3.05) is 11.5 Å². The van der Waals surface area contributed by atoms with Crippen molar-refractivity contribution in [1.82, 2.24) is 0 Å². The first-order valence-electron chi connectivity index (χ1n) is 7.69. The second-order valence-corrected chi connectivity index (χ2v) is 5.94. The molecule has 0 saturated carbocycles. The topological polar surface area (TPSA) is 106 Å². The summed E-state index contributed by atoms with van der Waals surface area (Å²) in [5.74, 6) is -1.08. The van der Waals surface area contributed by atoms with Gasteiger partial charge in [0.25, 0.3) is 0 Å². The SMILES string of the molecule is Nc1ccc(-c2cc(N)c(O)c3c2C(=O)c2ccccc2C3=O)cc1. The fourth-order valence-electron chi connectivity index (χ4n) is 3.19. The molecular weight excluding hydrogens is 316 g/mol. The number of aromatic hydroxyl groups is 1. The number of phenols is 1. The first-order valence-corrected chi connectivity index (χ1v) is 7.69. The van der Waals surface area contributed by atoms with Crippen molar-refractivity contribution >= 4 is 22.9 Å².